The molecule has 80 valence electrons. The third-order valence-corrected chi connectivity index (χ3v) is 2.28. The Morgan fingerprint density at radius 1 is 1.60 bits per heavy atom. The van der Waals surface area contributed by atoms with Crippen LogP contribution in [0.1, 0.15) is 18.5 Å². The second-order valence-electron chi connectivity index (χ2n) is 2.94. The summed E-state index contributed by atoms with van der Waals surface area (Å²) < 4.78 is 0.577. The third-order valence-electron chi connectivity index (χ3n) is 1.85. The van der Waals surface area contributed by atoms with E-state index in [0.29, 0.717) is 29.4 Å². The number of unbranched alkanes of at least 4 members (excludes halogenated alkanes) is 1. The molecule has 0 bridgehead atoms. The zero-order valence-corrected chi connectivity index (χ0v) is 9.44. The second kappa shape index (κ2) is 5.55. The minimum atomic E-state index is -0.464. The number of hydrogen-bond donors (Lipinski definition) is 0. The van der Waals surface area contributed by atoms with Crippen LogP contribution in [0.3, 0.4) is 0 Å². The minimum Gasteiger partial charge on any atom is -0.303 e. The molecule has 5 nitrogen and oxygen atoms in total. The molecular formula is C9H9BrN2O3. The molecule has 6 heteroatoms. The maximum absolute atomic E-state index is 10.7. The Labute approximate surface area is 94.8 Å². The quantitative estimate of drug-likeness (QED) is 0.357. The van der Waals surface area contributed by atoms with Gasteiger partial charge in [0.05, 0.1) is 4.92 Å². The van der Waals surface area contributed by atoms with E-state index >= 15 is 0 Å². The van der Waals surface area contributed by atoms with Gasteiger partial charge in [-0.15, -0.1) is 0 Å². The molecule has 0 amide bonds. The van der Waals surface area contributed by atoms with Crippen LogP contribution in [0.25, 0.3) is 0 Å². The van der Waals surface area contributed by atoms with E-state index in [9.17, 15) is 14.9 Å². The van der Waals surface area contributed by atoms with Crippen molar-refractivity contribution in [1.29, 1.82) is 0 Å². The predicted molar refractivity (Wildman–Crippen MR) is 57.6 cm³/mol. The molecule has 0 aromatic carbocycles. The summed E-state index contributed by atoms with van der Waals surface area (Å²) in [6.07, 6.45) is 3.74. The summed E-state index contributed by atoms with van der Waals surface area (Å²) in [4.78, 5) is 24.3. The van der Waals surface area contributed by atoms with Gasteiger partial charge in [0.1, 0.15) is 12.0 Å². The molecular weight excluding hydrogens is 264 g/mol. The standard InChI is InChI=1S/C9H9BrN2O3/c10-7-5-9(12(14)15)8(11-6-7)3-1-2-4-13/h4-6H,1-3H2. The molecule has 0 fully saturated rings. The number of aromatic nitrogens is 1. The Balaban J connectivity index is 2.85. The number of nitro groups is 1. The van der Waals surface area contributed by atoms with Gasteiger partial charge in [0.2, 0.25) is 0 Å². The van der Waals surface area contributed by atoms with Gasteiger partial charge in [-0.25, -0.2) is 0 Å². The number of aldehydes is 1. The van der Waals surface area contributed by atoms with Gasteiger partial charge in [0.25, 0.3) is 5.69 Å². The average Bonchev–Trinajstić information content (AvgIpc) is 2.20. The highest BCUT2D eigenvalue weighted by Crippen LogP contribution is 2.22. The van der Waals surface area contributed by atoms with Gasteiger partial charge in [-0.2, -0.15) is 0 Å². The number of pyridine rings is 1. The first-order valence-corrected chi connectivity index (χ1v) is 5.17. The molecule has 0 spiro atoms. The number of carbonyl (C=O) groups is 1. The smallest absolute Gasteiger partial charge is 0.291 e. The van der Waals surface area contributed by atoms with Crippen LogP contribution in [0.5, 0.6) is 0 Å². The van der Waals surface area contributed by atoms with Crippen LogP contribution in [0.4, 0.5) is 5.69 Å². The summed E-state index contributed by atoms with van der Waals surface area (Å²) in [6.45, 7) is 0. The SMILES string of the molecule is O=CCCCc1ncc(Br)cc1[N+](=O)[O-]. The molecule has 0 saturated heterocycles. The lowest BCUT2D eigenvalue weighted by Crippen LogP contribution is -1.99. The Hall–Kier alpha value is -1.30. The molecule has 0 aliphatic rings. The van der Waals surface area contributed by atoms with Crippen LogP contribution >= 0.6 is 15.9 Å². The van der Waals surface area contributed by atoms with Gasteiger partial charge in [-0.05, 0) is 28.8 Å². The van der Waals surface area contributed by atoms with Crippen molar-refractivity contribution < 1.29 is 9.72 Å². The normalized spacial score (nSPS) is 9.93. The molecule has 1 aromatic rings. The van der Waals surface area contributed by atoms with Gasteiger partial charge >= 0.3 is 0 Å². The van der Waals surface area contributed by atoms with Gasteiger partial charge < -0.3 is 4.79 Å². The van der Waals surface area contributed by atoms with Gasteiger partial charge in [0.15, 0.2) is 0 Å². The van der Waals surface area contributed by atoms with Crippen molar-refractivity contribution in [1.82, 2.24) is 4.98 Å². The third kappa shape index (κ3) is 3.39. The Morgan fingerprint density at radius 2 is 2.33 bits per heavy atom. The zero-order chi connectivity index (χ0) is 11.3. The number of hydrogen-bond acceptors (Lipinski definition) is 4. The van der Waals surface area contributed by atoms with Crippen molar-refractivity contribution in [2.45, 2.75) is 19.3 Å². The molecule has 1 heterocycles. The summed E-state index contributed by atoms with van der Waals surface area (Å²) in [5.41, 5.74) is 0.417. The van der Waals surface area contributed by atoms with E-state index in [0.717, 1.165) is 6.29 Å². The first-order chi connectivity index (χ1) is 7.15. The monoisotopic (exact) mass is 272 g/mol. The maximum atomic E-state index is 10.7. The molecule has 0 atom stereocenters. The summed E-state index contributed by atoms with van der Waals surface area (Å²) in [6, 6.07) is 1.42. The summed E-state index contributed by atoms with van der Waals surface area (Å²) >= 11 is 3.12. The van der Waals surface area contributed by atoms with Crippen molar-refractivity contribution in [2.75, 3.05) is 0 Å². The van der Waals surface area contributed by atoms with Crippen LogP contribution in [-0.4, -0.2) is 16.2 Å². The Morgan fingerprint density at radius 3 is 2.93 bits per heavy atom. The van der Waals surface area contributed by atoms with Crippen LogP contribution in [0.2, 0.25) is 0 Å². The second-order valence-corrected chi connectivity index (χ2v) is 3.85. The lowest BCUT2D eigenvalue weighted by Gasteiger charge is -2.00. The molecule has 15 heavy (non-hydrogen) atoms. The molecule has 0 unspecified atom stereocenters. The number of aryl methyl sites for hydroxylation is 1. The molecule has 0 aliphatic heterocycles. The number of halogens is 1. The summed E-state index contributed by atoms with van der Waals surface area (Å²) in [5.74, 6) is 0. The lowest BCUT2D eigenvalue weighted by molar-refractivity contribution is -0.386. The largest absolute Gasteiger partial charge is 0.303 e. The fourth-order valence-electron chi connectivity index (χ4n) is 1.16. The fourth-order valence-corrected chi connectivity index (χ4v) is 1.48. The summed E-state index contributed by atoms with van der Waals surface area (Å²) in [5, 5.41) is 10.7. The van der Waals surface area contributed by atoms with Crippen molar-refractivity contribution in [2.24, 2.45) is 0 Å². The Bertz CT molecular complexity index is 382. The molecule has 0 N–H and O–H groups in total. The van der Waals surface area contributed by atoms with E-state index in [2.05, 4.69) is 20.9 Å². The minimum absolute atomic E-state index is 0.00438. The first kappa shape index (κ1) is 11.8. The van der Waals surface area contributed by atoms with Crippen molar-refractivity contribution >= 4 is 27.9 Å². The lowest BCUT2D eigenvalue weighted by atomic mass is 10.1. The van der Waals surface area contributed by atoms with Crippen molar-refractivity contribution in [3.63, 3.8) is 0 Å². The van der Waals surface area contributed by atoms with E-state index in [1.165, 1.54) is 12.3 Å². The van der Waals surface area contributed by atoms with Crippen LogP contribution in [-0.2, 0) is 11.2 Å². The van der Waals surface area contributed by atoms with Gasteiger partial charge in [-0.1, -0.05) is 0 Å². The molecule has 1 rings (SSSR count). The number of nitrogens with zero attached hydrogens (tertiary/aromatic N) is 2. The topological polar surface area (TPSA) is 73.1 Å². The first-order valence-electron chi connectivity index (χ1n) is 4.37. The van der Waals surface area contributed by atoms with E-state index in [1.807, 2.05) is 0 Å². The molecule has 0 saturated carbocycles. The van der Waals surface area contributed by atoms with Crippen molar-refractivity contribution in [3.8, 4) is 0 Å². The molecule has 0 aliphatic carbocycles. The molecule has 1 aromatic heterocycles. The van der Waals surface area contributed by atoms with E-state index in [4.69, 9.17) is 0 Å². The number of rotatable bonds is 5. The predicted octanol–water partition coefficient (Wildman–Crippen LogP) is 2.27. The van der Waals surface area contributed by atoms with Crippen LogP contribution < -0.4 is 0 Å². The number of carbonyl (C=O) groups excluding carboxylic acids is 1. The highest BCUT2D eigenvalue weighted by molar-refractivity contribution is 9.10. The maximum Gasteiger partial charge on any atom is 0.291 e. The van der Waals surface area contributed by atoms with Crippen LogP contribution in [0.15, 0.2) is 16.7 Å². The van der Waals surface area contributed by atoms with Gasteiger partial charge in [0, 0.05) is 23.2 Å². The average molecular weight is 273 g/mol. The van der Waals surface area contributed by atoms with E-state index in [-0.39, 0.29) is 5.69 Å². The fraction of sp³-hybridized carbons (Fsp3) is 0.333. The van der Waals surface area contributed by atoms with Gasteiger partial charge in [-0.3, -0.25) is 15.1 Å². The zero-order valence-electron chi connectivity index (χ0n) is 7.85. The van der Waals surface area contributed by atoms with Crippen molar-refractivity contribution in [3.05, 3.63) is 32.5 Å². The Kier molecular flexibility index (Phi) is 4.36. The van der Waals surface area contributed by atoms with E-state index < -0.39 is 4.92 Å². The van der Waals surface area contributed by atoms with E-state index in [1.54, 1.807) is 0 Å². The highest BCUT2D eigenvalue weighted by atomic mass is 79.9. The molecule has 0 radical (unpaired) electrons. The van der Waals surface area contributed by atoms with Crippen LogP contribution in [0, 0.1) is 10.1 Å². The highest BCUT2D eigenvalue weighted by Gasteiger charge is 2.14. The summed E-state index contributed by atoms with van der Waals surface area (Å²) in [7, 11) is 0.